The summed E-state index contributed by atoms with van der Waals surface area (Å²) in [5, 5.41) is 2.74. The normalized spacial score (nSPS) is 21.5. The topological polar surface area (TPSA) is 29.1 Å². The van der Waals surface area contributed by atoms with Gasteiger partial charge in [-0.05, 0) is 48.8 Å². The molecule has 3 rings (SSSR count). The van der Waals surface area contributed by atoms with E-state index >= 15 is 0 Å². The Morgan fingerprint density at radius 3 is 2.79 bits per heavy atom. The summed E-state index contributed by atoms with van der Waals surface area (Å²) in [7, 11) is 0. The molecule has 2 unspecified atom stereocenters. The quantitative estimate of drug-likeness (QED) is 0.829. The van der Waals surface area contributed by atoms with Crippen LogP contribution in [0.1, 0.15) is 42.1 Å². The van der Waals surface area contributed by atoms with E-state index in [-0.39, 0.29) is 16.6 Å². The third-order valence-corrected chi connectivity index (χ3v) is 5.57. The van der Waals surface area contributed by atoms with Crippen molar-refractivity contribution in [3.63, 3.8) is 0 Å². The zero-order valence-corrected chi connectivity index (χ0v) is 12.5. The molecule has 4 heteroatoms. The number of aryl methyl sites for hydroxylation is 1. The summed E-state index contributed by atoms with van der Waals surface area (Å²) in [6.07, 6.45) is 3.70. The monoisotopic (exact) mass is 325 g/mol. The van der Waals surface area contributed by atoms with Crippen LogP contribution in [0.15, 0.2) is 12.1 Å². The van der Waals surface area contributed by atoms with Crippen LogP contribution < -0.4 is 5.32 Å². The molecule has 1 N–H and O–H groups in total. The number of fused-ring (bicyclic) bond motifs is 1. The lowest BCUT2D eigenvalue weighted by molar-refractivity contribution is -0.116. The van der Waals surface area contributed by atoms with Crippen molar-refractivity contribution in [3.05, 3.63) is 29.1 Å². The van der Waals surface area contributed by atoms with Crippen molar-refractivity contribution in [3.8, 4) is 0 Å². The Bertz CT molecular complexity index is 527. The maximum absolute atomic E-state index is 14.2. The maximum Gasteiger partial charge on any atom is 0.224 e. The van der Waals surface area contributed by atoms with Gasteiger partial charge in [-0.3, -0.25) is 4.79 Å². The van der Waals surface area contributed by atoms with Crippen molar-refractivity contribution < 1.29 is 9.18 Å². The van der Waals surface area contributed by atoms with Crippen LogP contribution >= 0.6 is 15.9 Å². The number of alkyl halides is 1. The second-order valence-electron chi connectivity index (χ2n) is 5.68. The Balaban J connectivity index is 1.91. The number of rotatable bonds is 3. The van der Waals surface area contributed by atoms with Gasteiger partial charge in [-0.2, -0.15) is 0 Å². The van der Waals surface area contributed by atoms with Gasteiger partial charge >= 0.3 is 0 Å². The van der Waals surface area contributed by atoms with Crippen molar-refractivity contribution in [2.24, 2.45) is 11.8 Å². The number of hydrogen-bond acceptors (Lipinski definition) is 1. The predicted octanol–water partition coefficient (Wildman–Crippen LogP) is 4.19. The standard InChI is InChI=1S/C15H17BrFNO/c1-8(9-2-3-9)15(16)11-6-10-4-5-14(19)18-13(10)7-12(11)17/h6-9,15H,2-5H2,1H3,(H,18,19). The molecule has 2 atom stereocenters. The molecule has 0 radical (unpaired) electrons. The summed E-state index contributed by atoms with van der Waals surface area (Å²) >= 11 is 3.66. The average molecular weight is 326 g/mol. The zero-order valence-electron chi connectivity index (χ0n) is 10.9. The molecule has 1 heterocycles. The van der Waals surface area contributed by atoms with E-state index in [1.807, 2.05) is 6.07 Å². The van der Waals surface area contributed by atoms with E-state index in [1.165, 1.54) is 18.9 Å². The summed E-state index contributed by atoms with van der Waals surface area (Å²) in [4.78, 5) is 11.4. The molecule has 0 spiro atoms. The van der Waals surface area contributed by atoms with Crippen LogP contribution in [0.3, 0.4) is 0 Å². The smallest absolute Gasteiger partial charge is 0.224 e. The minimum absolute atomic E-state index is 0.0265. The van der Waals surface area contributed by atoms with Gasteiger partial charge in [0.15, 0.2) is 0 Å². The van der Waals surface area contributed by atoms with Crippen molar-refractivity contribution in [2.75, 3.05) is 5.32 Å². The van der Waals surface area contributed by atoms with Gasteiger partial charge < -0.3 is 5.32 Å². The average Bonchev–Trinajstić information content (AvgIpc) is 3.20. The van der Waals surface area contributed by atoms with Crippen LogP contribution in [0.5, 0.6) is 0 Å². The van der Waals surface area contributed by atoms with Crippen LogP contribution in [-0.2, 0) is 11.2 Å². The minimum Gasteiger partial charge on any atom is -0.326 e. The van der Waals surface area contributed by atoms with E-state index in [9.17, 15) is 9.18 Å². The molecule has 1 aliphatic carbocycles. The van der Waals surface area contributed by atoms with E-state index in [1.54, 1.807) is 0 Å². The number of amides is 1. The van der Waals surface area contributed by atoms with Crippen molar-refractivity contribution in [1.82, 2.24) is 0 Å². The van der Waals surface area contributed by atoms with E-state index < -0.39 is 0 Å². The molecule has 1 fully saturated rings. The SMILES string of the molecule is CC(C1CC1)C(Br)c1cc2c(cc1F)NC(=O)CC2. The van der Waals surface area contributed by atoms with Crippen LogP contribution in [0.25, 0.3) is 0 Å². The van der Waals surface area contributed by atoms with Crippen molar-refractivity contribution in [1.29, 1.82) is 0 Å². The summed E-state index contributed by atoms with van der Waals surface area (Å²) in [6, 6.07) is 3.39. The number of halogens is 2. The second-order valence-corrected chi connectivity index (χ2v) is 6.66. The summed E-state index contributed by atoms with van der Waals surface area (Å²) in [5.41, 5.74) is 2.41. The molecule has 1 aromatic carbocycles. The fourth-order valence-electron chi connectivity index (χ4n) is 2.78. The van der Waals surface area contributed by atoms with Crippen LogP contribution in [0.2, 0.25) is 0 Å². The molecule has 1 aliphatic heterocycles. The van der Waals surface area contributed by atoms with E-state index in [0.717, 1.165) is 17.0 Å². The fraction of sp³-hybridized carbons (Fsp3) is 0.533. The molecular formula is C15H17BrFNO. The van der Waals surface area contributed by atoms with Gasteiger partial charge in [-0.15, -0.1) is 0 Å². The summed E-state index contributed by atoms with van der Waals surface area (Å²) in [5.74, 6) is 0.918. The van der Waals surface area contributed by atoms with E-state index in [2.05, 4.69) is 28.2 Å². The van der Waals surface area contributed by atoms with Gasteiger partial charge in [0.2, 0.25) is 5.91 Å². The molecule has 0 bridgehead atoms. The fourth-order valence-corrected chi connectivity index (χ4v) is 3.56. The first-order valence-electron chi connectivity index (χ1n) is 6.82. The Kier molecular flexibility index (Phi) is 3.37. The minimum atomic E-state index is -0.227. The van der Waals surface area contributed by atoms with Gasteiger partial charge in [0.05, 0.1) is 0 Å². The molecule has 1 amide bonds. The predicted molar refractivity (Wildman–Crippen MR) is 76.9 cm³/mol. The highest BCUT2D eigenvalue weighted by molar-refractivity contribution is 9.09. The molecule has 1 saturated carbocycles. The number of benzene rings is 1. The molecule has 1 aromatic rings. The Labute approximate surface area is 120 Å². The number of nitrogens with one attached hydrogen (secondary N) is 1. The van der Waals surface area contributed by atoms with Crippen molar-refractivity contribution >= 4 is 27.5 Å². The Morgan fingerprint density at radius 2 is 2.11 bits per heavy atom. The molecule has 19 heavy (non-hydrogen) atoms. The highest BCUT2D eigenvalue weighted by Crippen LogP contribution is 2.47. The van der Waals surface area contributed by atoms with Gasteiger partial charge in [0, 0.05) is 22.5 Å². The third-order valence-electron chi connectivity index (χ3n) is 4.24. The first-order valence-corrected chi connectivity index (χ1v) is 7.74. The zero-order chi connectivity index (χ0) is 13.6. The van der Waals surface area contributed by atoms with Gasteiger partial charge in [0.1, 0.15) is 5.82 Å². The lowest BCUT2D eigenvalue weighted by Gasteiger charge is -2.23. The van der Waals surface area contributed by atoms with Crippen molar-refractivity contribution in [2.45, 2.75) is 37.4 Å². The largest absolute Gasteiger partial charge is 0.326 e. The lowest BCUT2D eigenvalue weighted by Crippen LogP contribution is -2.20. The first kappa shape index (κ1) is 13.1. The van der Waals surface area contributed by atoms with Gasteiger partial charge in [0.25, 0.3) is 0 Å². The molecular weight excluding hydrogens is 309 g/mol. The summed E-state index contributed by atoms with van der Waals surface area (Å²) in [6.45, 7) is 2.18. The summed E-state index contributed by atoms with van der Waals surface area (Å²) < 4.78 is 14.2. The number of carbonyl (C=O) groups excluding carboxylic acids is 1. The molecule has 2 nitrogen and oxygen atoms in total. The first-order chi connectivity index (χ1) is 9.06. The van der Waals surface area contributed by atoms with Gasteiger partial charge in [-0.1, -0.05) is 22.9 Å². The van der Waals surface area contributed by atoms with E-state index in [4.69, 9.17) is 0 Å². The van der Waals surface area contributed by atoms with Crippen LogP contribution in [0, 0.1) is 17.7 Å². The lowest BCUT2D eigenvalue weighted by atomic mass is 9.92. The number of anilines is 1. The highest BCUT2D eigenvalue weighted by Gasteiger charge is 2.34. The second kappa shape index (κ2) is 4.89. The Hall–Kier alpha value is -0.900. The molecule has 102 valence electrons. The van der Waals surface area contributed by atoms with E-state index in [0.29, 0.717) is 24.4 Å². The molecule has 2 aliphatic rings. The maximum atomic E-state index is 14.2. The molecule has 0 saturated heterocycles. The third kappa shape index (κ3) is 2.55. The highest BCUT2D eigenvalue weighted by atomic mass is 79.9. The van der Waals surface area contributed by atoms with Gasteiger partial charge in [-0.25, -0.2) is 4.39 Å². The van der Waals surface area contributed by atoms with Crippen LogP contribution in [0.4, 0.5) is 10.1 Å². The molecule has 0 aromatic heterocycles. The Morgan fingerprint density at radius 1 is 1.37 bits per heavy atom. The van der Waals surface area contributed by atoms with Crippen LogP contribution in [-0.4, -0.2) is 5.91 Å². The number of hydrogen-bond donors (Lipinski definition) is 1. The number of carbonyl (C=O) groups is 1.